The lowest BCUT2D eigenvalue weighted by atomic mass is 10.2. The number of carbonyl (C=O) groups is 1. The molecule has 1 atom stereocenters. The SMILES string of the molecule is CCN(C(=O)CN1CCOC(CNC)C1)c1ccccc1. The second-order valence-corrected chi connectivity index (χ2v) is 5.26. The first kappa shape index (κ1) is 15.9. The molecule has 1 fully saturated rings. The summed E-state index contributed by atoms with van der Waals surface area (Å²) in [5.41, 5.74) is 0.963. The fraction of sp³-hybridized carbons (Fsp3) is 0.562. The van der Waals surface area contributed by atoms with Gasteiger partial charge in [0.2, 0.25) is 5.91 Å². The molecule has 21 heavy (non-hydrogen) atoms. The number of carbonyl (C=O) groups excluding carboxylic acids is 1. The first-order chi connectivity index (χ1) is 10.2. The van der Waals surface area contributed by atoms with Gasteiger partial charge in [0.05, 0.1) is 19.3 Å². The van der Waals surface area contributed by atoms with E-state index in [9.17, 15) is 4.79 Å². The highest BCUT2D eigenvalue weighted by molar-refractivity contribution is 5.94. The highest BCUT2D eigenvalue weighted by atomic mass is 16.5. The van der Waals surface area contributed by atoms with Crippen LogP contribution in [0.3, 0.4) is 0 Å². The molecular weight excluding hydrogens is 266 g/mol. The van der Waals surface area contributed by atoms with Crippen LogP contribution in [-0.4, -0.2) is 63.3 Å². The van der Waals surface area contributed by atoms with E-state index < -0.39 is 0 Å². The molecule has 1 amide bonds. The molecule has 116 valence electrons. The number of rotatable bonds is 6. The Hall–Kier alpha value is -1.43. The maximum absolute atomic E-state index is 12.5. The lowest BCUT2D eigenvalue weighted by Gasteiger charge is -2.33. The van der Waals surface area contributed by atoms with Crippen LogP contribution in [-0.2, 0) is 9.53 Å². The zero-order chi connectivity index (χ0) is 15.1. The first-order valence-corrected chi connectivity index (χ1v) is 7.58. The molecule has 0 aliphatic carbocycles. The van der Waals surface area contributed by atoms with Gasteiger partial charge in [-0.2, -0.15) is 0 Å². The molecule has 1 saturated heterocycles. The Morgan fingerprint density at radius 3 is 2.86 bits per heavy atom. The highest BCUT2D eigenvalue weighted by Gasteiger charge is 2.23. The zero-order valence-corrected chi connectivity index (χ0v) is 12.9. The molecule has 5 heteroatoms. The van der Waals surface area contributed by atoms with Crippen molar-refractivity contribution in [1.29, 1.82) is 0 Å². The van der Waals surface area contributed by atoms with Crippen molar-refractivity contribution in [1.82, 2.24) is 10.2 Å². The van der Waals surface area contributed by atoms with Crippen LogP contribution < -0.4 is 10.2 Å². The molecule has 1 aliphatic rings. The van der Waals surface area contributed by atoms with Gasteiger partial charge < -0.3 is 15.0 Å². The van der Waals surface area contributed by atoms with Gasteiger partial charge in [-0.05, 0) is 26.1 Å². The van der Waals surface area contributed by atoms with Crippen molar-refractivity contribution in [2.24, 2.45) is 0 Å². The van der Waals surface area contributed by atoms with Crippen molar-refractivity contribution in [3.63, 3.8) is 0 Å². The van der Waals surface area contributed by atoms with Gasteiger partial charge in [-0.15, -0.1) is 0 Å². The van der Waals surface area contributed by atoms with Crippen molar-refractivity contribution in [3.05, 3.63) is 30.3 Å². The summed E-state index contributed by atoms with van der Waals surface area (Å²) in [6.07, 6.45) is 0.170. The number of anilines is 1. The first-order valence-electron chi connectivity index (χ1n) is 7.58. The number of ether oxygens (including phenoxy) is 1. The van der Waals surface area contributed by atoms with Gasteiger partial charge in [-0.1, -0.05) is 18.2 Å². The number of benzene rings is 1. The van der Waals surface area contributed by atoms with Gasteiger partial charge >= 0.3 is 0 Å². The monoisotopic (exact) mass is 291 g/mol. The summed E-state index contributed by atoms with van der Waals surface area (Å²) in [5, 5.41) is 3.12. The normalized spacial score (nSPS) is 19.4. The van der Waals surface area contributed by atoms with Crippen molar-refractivity contribution in [2.75, 3.05) is 51.3 Å². The molecule has 0 aromatic heterocycles. The summed E-state index contributed by atoms with van der Waals surface area (Å²) >= 11 is 0. The van der Waals surface area contributed by atoms with E-state index >= 15 is 0 Å². The number of para-hydroxylation sites is 1. The molecule has 0 radical (unpaired) electrons. The summed E-state index contributed by atoms with van der Waals surface area (Å²) in [4.78, 5) is 16.6. The summed E-state index contributed by atoms with van der Waals surface area (Å²) in [6.45, 7) is 6.28. The van der Waals surface area contributed by atoms with Gasteiger partial charge in [0.25, 0.3) is 0 Å². The average Bonchev–Trinajstić information content (AvgIpc) is 2.50. The lowest BCUT2D eigenvalue weighted by molar-refractivity contribution is -0.121. The second-order valence-electron chi connectivity index (χ2n) is 5.26. The molecule has 0 bridgehead atoms. The van der Waals surface area contributed by atoms with Crippen LogP contribution in [0.15, 0.2) is 30.3 Å². The van der Waals surface area contributed by atoms with Crippen molar-refractivity contribution in [3.8, 4) is 0 Å². The molecule has 1 unspecified atom stereocenters. The molecular formula is C16H25N3O2. The van der Waals surface area contributed by atoms with Gasteiger partial charge in [-0.25, -0.2) is 0 Å². The number of nitrogens with zero attached hydrogens (tertiary/aromatic N) is 2. The minimum atomic E-state index is 0.147. The van der Waals surface area contributed by atoms with Gasteiger partial charge in [0.15, 0.2) is 0 Å². The topological polar surface area (TPSA) is 44.8 Å². The van der Waals surface area contributed by atoms with E-state index in [1.54, 1.807) is 0 Å². The van der Waals surface area contributed by atoms with E-state index in [0.29, 0.717) is 19.7 Å². The Morgan fingerprint density at radius 2 is 2.19 bits per heavy atom. The molecule has 1 aromatic carbocycles. The van der Waals surface area contributed by atoms with Crippen LogP contribution in [0.25, 0.3) is 0 Å². The number of amides is 1. The minimum absolute atomic E-state index is 0.147. The van der Waals surface area contributed by atoms with E-state index in [2.05, 4.69) is 10.2 Å². The fourth-order valence-electron chi connectivity index (χ4n) is 2.66. The minimum Gasteiger partial charge on any atom is -0.374 e. The van der Waals surface area contributed by atoms with Gasteiger partial charge in [0, 0.05) is 31.9 Å². The number of likely N-dealkylation sites (N-methyl/N-ethyl adjacent to an activating group) is 2. The Labute approximate surface area is 126 Å². The third-order valence-corrected chi connectivity index (χ3v) is 3.70. The zero-order valence-electron chi connectivity index (χ0n) is 12.9. The quantitative estimate of drug-likeness (QED) is 0.848. The Balaban J connectivity index is 1.93. The Kier molecular flexibility index (Phi) is 6.17. The standard InChI is InChI=1S/C16H25N3O2/c1-3-19(14-7-5-4-6-8-14)16(20)13-18-9-10-21-15(12-18)11-17-2/h4-8,15,17H,3,9-13H2,1-2H3. The van der Waals surface area contributed by atoms with Crippen LogP contribution >= 0.6 is 0 Å². The lowest BCUT2D eigenvalue weighted by Crippen LogP contribution is -2.50. The summed E-state index contributed by atoms with van der Waals surface area (Å²) in [5.74, 6) is 0.147. The molecule has 1 heterocycles. The largest absolute Gasteiger partial charge is 0.374 e. The Bertz CT molecular complexity index is 436. The maximum atomic E-state index is 12.5. The molecule has 2 rings (SSSR count). The molecule has 1 aromatic rings. The third-order valence-electron chi connectivity index (χ3n) is 3.70. The number of nitrogens with one attached hydrogen (secondary N) is 1. The van der Waals surface area contributed by atoms with E-state index in [0.717, 1.165) is 25.3 Å². The molecule has 5 nitrogen and oxygen atoms in total. The van der Waals surface area contributed by atoms with E-state index in [1.165, 1.54) is 0 Å². The van der Waals surface area contributed by atoms with Gasteiger partial charge in [0.1, 0.15) is 0 Å². The fourth-order valence-corrected chi connectivity index (χ4v) is 2.66. The van der Waals surface area contributed by atoms with Crippen molar-refractivity contribution >= 4 is 11.6 Å². The predicted molar refractivity (Wildman–Crippen MR) is 84.6 cm³/mol. The molecule has 1 N–H and O–H groups in total. The van der Waals surface area contributed by atoms with E-state index in [-0.39, 0.29) is 12.0 Å². The number of hydrogen-bond acceptors (Lipinski definition) is 4. The van der Waals surface area contributed by atoms with E-state index in [1.807, 2.05) is 49.2 Å². The second kappa shape index (κ2) is 8.12. The maximum Gasteiger partial charge on any atom is 0.241 e. The van der Waals surface area contributed by atoms with Gasteiger partial charge in [-0.3, -0.25) is 9.69 Å². The van der Waals surface area contributed by atoms with Crippen LogP contribution in [0, 0.1) is 0 Å². The average molecular weight is 291 g/mol. The van der Waals surface area contributed by atoms with Crippen LogP contribution in [0.2, 0.25) is 0 Å². The highest BCUT2D eigenvalue weighted by Crippen LogP contribution is 2.14. The predicted octanol–water partition coefficient (Wildman–Crippen LogP) is 0.960. The van der Waals surface area contributed by atoms with Crippen LogP contribution in [0.4, 0.5) is 5.69 Å². The Morgan fingerprint density at radius 1 is 1.43 bits per heavy atom. The van der Waals surface area contributed by atoms with Crippen molar-refractivity contribution in [2.45, 2.75) is 13.0 Å². The number of morpholine rings is 1. The number of hydrogen-bond donors (Lipinski definition) is 1. The third kappa shape index (κ3) is 4.52. The summed E-state index contributed by atoms with van der Waals surface area (Å²) < 4.78 is 5.67. The van der Waals surface area contributed by atoms with Crippen LogP contribution in [0.1, 0.15) is 6.92 Å². The molecule has 0 spiro atoms. The molecule has 0 saturated carbocycles. The van der Waals surface area contributed by atoms with E-state index in [4.69, 9.17) is 4.74 Å². The smallest absolute Gasteiger partial charge is 0.241 e. The van der Waals surface area contributed by atoms with Crippen molar-refractivity contribution < 1.29 is 9.53 Å². The molecule has 1 aliphatic heterocycles. The van der Waals surface area contributed by atoms with Crippen LogP contribution in [0.5, 0.6) is 0 Å². The summed E-state index contributed by atoms with van der Waals surface area (Å²) in [7, 11) is 1.92. The summed E-state index contributed by atoms with van der Waals surface area (Å²) in [6, 6.07) is 9.84.